The van der Waals surface area contributed by atoms with Crippen molar-refractivity contribution >= 4 is 21.8 Å². The van der Waals surface area contributed by atoms with Gasteiger partial charge in [0.05, 0.1) is 5.56 Å². The molecule has 2 N–H and O–H groups in total. The number of nitrogens with one attached hydrogen (secondary N) is 1. The zero-order valence-corrected chi connectivity index (χ0v) is 12.7. The maximum atomic E-state index is 12.8. The van der Waals surface area contributed by atoms with Crippen LogP contribution in [-0.2, 0) is 6.18 Å². The third-order valence-corrected chi connectivity index (χ3v) is 4.45. The highest BCUT2D eigenvalue weighted by atomic mass is 79.9. The molecule has 0 atom stereocenters. The number of aliphatic hydroxyl groups is 1. The zero-order valence-electron chi connectivity index (χ0n) is 11.1. The number of carbonyl (C=O) groups is 1. The summed E-state index contributed by atoms with van der Waals surface area (Å²) in [5.41, 5.74) is -0.968. The highest BCUT2D eigenvalue weighted by molar-refractivity contribution is 9.10. The van der Waals surface area contributed by atoms with Crippen LogP contribution in [0.2, 0.25) is 0 Å². The average molecular weight is 366 g/mol. The third kappa shape index (κ3) is 3.97. The summed E-state index contributed by atoms with van der Waals surface area (Å²) in [5.74, 6) is -0.530. The number of benzene rings is 1. The van der Waals surface area contributed by atoms with E-state index in [1.54, 1.807) is 0 Å². The van der Waals surface area contributed by atoms with E-state index in [1.165, 1.54) is 12.1 Å². The molecule has 2 rings (SSSR count). The van der Waals surface area contributed by atoms with Crippen LogP contribution in [0.15, 0.2) is 22.7 Å². The highest BCUT2D eigenvalue weighted by Crippen LogP contribution is 2.47. The first-order chi connectivity index (χ1) is 9.77. The predicted octanol–water partition coefficient (Wildman–Crippen LogP) is 3.36. The Labute approximate surface area is 128 Å². The van der Waals surface area contributed by atoms with Crippen molar-refractivity contribution in [3.63, 3.8) is 0 Å². The Morgan fingerprint density at radius 3 is 2.57 bits per heavy atom. The third-order valence-electron chi connectivity index (χ3n) is 3.76. The van der Waals surface area contributed by atoms with E-state index in [1.807, 2.05) is 0 Å². The summed E-state index contributed by atoms with van der Waals surface area (Å²) in [7, 11) is 0. The summed E-state index contributed by atoms with van der Waals surface area (Å²) in [5, 5.41) is 11.6. The lowest BCUT2D eigenvalue weighted by Gasteiger charge is -2.15. The van der Waals surface area contributed by atoms with Crippen LogP contribution in [0.1, 0.15) is 35.2 Å². The molecular formula is C14H15BrF3NO2. The first kappa shape index (κ1) is 16.3. The van der Waals surface area contributed by atoms with E-state index in [2.05, 4.69) is 21.2 Å². The fourth-order valence-electron chi connectivity index (χ4n) is 2.18. The Kier molecular flexibility index (Phi) is 4.63. The van der Waals surface area contributed by atoms with E-state index < -0.39 is 17.6 Å². The van der Waals surface area contributed by atoms with Crippen molar-refractivity contribution in [2.75, 3.05) is 13.2 Å². The number of amides is 1. The molecule has 1 amide bonds. The standard InChI is InChI=1S/C14H15BrF3NO2/c15-11-2-1-9(7-10(11)14(16,17)18)12(21)19-8-13(3-4-13)5-6-20/h1-2,7,20H,3-6,8H2,(H,19,21). The molecule has 0 bridgehead atoms. The van der Waals surface area contributed by atoms with Crippen molar-refractivity contribution in [2.24, 2.45) is 5.41 Å². The maximum absolute atomic E-state index is 12.8. The summed E-state index contributed by atoms with van der Waals surface area (Å²) >= 11 is 2.84. The predicted molar refractivity (Wildman–Crippen MR) is 74.8 cm³/mol. The number of hydrogen-bond donors (Lipinski definition) is 2. The molecule has 0 spiro atoms. The summed E-state index contributed by atoms with van der Waals surface area (Å²) in [4.78, 5) is 12.0. The summed E-state index contributed by atoms with van der Waals surface area (Å²) in [6.07, 6.45) is -2.07. The molecule has 0 saturated heterocycles. The lowest BCUT2D eigenvalue weighted by molar-refractivity contribution is -0.138. The second-order valence-corrected chi connectivity index (χ2v) is 6.20. The van der Waals surface area contributed by atoms with Gasteiger partial charge in [-0.1, -0.05) is 15.9 Å². The van der Waals surface area contributed by atoms with Gasteiger partial charge in [0.2, 0.25) is 0 Å². The molecule has 3 nitrogen and oxygen atoms in total. The summed E-state index contributed by atoms with van der Waals surface area (Å²) in [6.45, 7) is 0.427. The molecule has 1 aliphatic rings. The molecule has 0 heterocycles. The molecule has 0 aromatic heterocycles. The van der Waals surface area contributed by atoms with Gasteiger partial charge in [0.15, 0.2) is 0 Å². The van der Waals surface area contributed by atoms with Gasteiger partial charge in [0, 0.05) is 23.2 Å². The van der Waals surface area contributed by atoms with E-state index in [0.29, 0.717) is 13.0 Å². The molecule has 1 fully saturated rings. The van der Waals surface area contributed by atoms with Crippen molar-refractivity contribution in [3.05, 3.63) is 33.8 Å². The van der Waals surface area contributed by atoms with Crippen LogP contribution in [-0.4, -0.2) is 24.2 Å². The van der Waals surface area contributed by atoms with Gasteiger partial charge in [0.25, 0.3) is 5.91 Å². The molecule has 116 valence electrons. The van der Waals surface area contributed by atoms with Crippen molar-refractivity contribution in [1.82, 2.24) is 5.32 Å². The number of carbonyl (C=O) groups excluding carboxylic acids is 1. The van der Waals surface area contributed by atoms with Crippen LogP contribution >= 0.6 is 15.9 Å². The first-order valence-corrected chi connectivity index (χ1v) is 7.33. The monoisotopic (exact) mass is 365 g/mol. The van der Waals surface area contributed by atoms with Gasteiger partial charge in [-0.3, -0.25) is 4.79 Å². The molecule has 21 heavy (non-hydrogen) atoms. The molecule has 1 aliphatic carbocycles. The van der Waals surface area contributed by atoms with Gasteiger partial charge < -0.3 is 10.4 Å². The number of aliphatic hydroxyl groups excluding tert-OH is 1. The Morgan fingerprint density at radius 2 is 2.05 bits per heavy atom. The van der Waals surface area contributed by atoms with Gasteiger partial charge >= 0.3 is 6.18 Å². The van der Waals surface area contributed by atoms with E-state index in [4.69, 9.17) is 5.11 Å². The topological polar surface area (TPSA) is 49.3 Å². The number of alkyl halides is 3. The van der Waals surface area contributed by atoms with E-state index in [-0.39, 0.29) is 22.1 Å². The van der Waals surface area contributed by atoms with Crippen LogP contribution in [0.4, 0.5) is 13.2 Å². The van der Waals surface area contributed by atoms with Gasteiger partial charge in [-0.15, -0.1) is 0 Å². The van der Waals surface area contributed by atoms with Crippen LogP contribution < -0.4 is 5.32 Å². The van der Waals surface area contributed by atoms with Crippen molar-refractivity contribution in [2.45, 2.75) is 25.4 Å². The van der Waals surface area contributed by atoms with Crippen LogP contribution in [0.5, 0.6) is 0 Å². The minimum atomic E-state index is -4.51. The van der Waals surface area contributed by atoms with Crippen molar-refractivity contribution in [1.29, 1.82) is 0 Å². The lowest BCUT2D eigenvalue weighted by Crippen LogP contribution is -2.30. The Balaban J connectivity index is 2.06. The van der Waals surface area contributed by atoms with E-state index >= 15 is 0 Å². The Bertz CT molecular complexity index is 542. The van der Waals surface area contributed by atoms with E-state index in [0.717, 1.165) is 18.9 Å². The smallest absolute Gasteiger partial charge is 0.396 e. The quantitative estimate of drug-likeness (QED) is 0.840. The van der Waals surface area contributed by atoms with Crippen LogP contribution in [0.3, 0.4) is 0 Å². The summed E-state index contributed by atoms with van der Waals surface area (Å²) in [6, 6.07) is 3.41. The molecule has 1 aromatic rings. The van der Waals surface area contributed by atoms with Crippen LogP contribution in [0.25, 0.3) is 0 Å². The number of rotatable bonds is 5. The fraction of sp³-hybridized carbons (Fsp3) is 0.500. The Hall–Kier alpha value is -1.08. The maximum Gasteiger partial charge on any atom is 0.417 e. The van der Waals surface area contributed by atoms with Gasteiger partial charge in [-0.2, -0.15) is 13.2 Å². The average Bonchev–Trinajstić information content (AvgIpc) is 3.16. The van der Waals surface area contributed by atoms with Crippen molar-refractivity contribution in [3.8, 4) is 0 Å². The summed E-state index contributed by atoms with van der Waals surface area (Å²) < 4.78 is 38.3. The SMILES string of the molecule is O=C(NCC1(CCO)CC1)c1ccc(Br)c(C(F)(F)F)c1. The normalized spacial score (nSPS) is 16.6. The molecular weight excluding hydrogens is 351 g/mol. The lowest BCUT2D eigenvalue weighted by atomic mass is 10.0. The second-order valence-electron chi connectivity index (χ2n) is 5.35. The first-order valence-electron chi connectivity index (χ1n) is 6.53. The minimum Gasteiger partial charge on any atom is -0.396 e. The van der Waals surface area contributed by atoms with Crippen LogP contribution in [0, 0.1) is 5.41 Å². The largest absolute Gasteiger partial charge is 0.417 e. The molecule has 1 saturated carbocycles. The van der Waals surface area contributed by atoms with Crippen molar-refractivity contribution < 1.29 is 23.1 Å². The molecule has 0 unspecified atom stereocenters. The van der Waals surface area contributed by atoms with Gasteiger partial charge in [-0.05, 0) is 42.9 Å². The van der Waals surface area contributed by atoms with Gasteiger partial charge in [-0.25, -0.2) is 0 Å². The Morgan fingerprint density at radius 1 is 1.38 bits per heavy atom. The zero-order chi connectivity index (χ0) is 15.7. The van der Waals surface area contributed by atoms with E-state index in [9.17, 15) is 18.0 Å². The second kappa shape index (κ2) is 5.96. The van der Waals surface area contributed by atoms with Gasteiger partial charge in [0.1, 0.15) is 0 Å². The number of hydrogen-bond acceptors (Lipinski definition) is 2. The molecule has 0 radical (unpaired) electrons. The number of halogens is 4. The molecule has 0 aliphatic heterocycles. The molecule has 7 heteroatoms. The highest BCUT2D eigenvalue weighted by Gasteiger charge is 2.42. The minimum absolute atomic E-state index is 0.0228. The molecule has 1 aromatic carbocycles. The fourth-order valence-corrected chi connectivity index (χ4v) is 2.65.